The molecule has 4 nitrogen and oxygen atoms in total. The standard InChI is InChI=1S/C19H31N3O/c1-5-13-6-8-14(9-7-13)22(15-10-11-15)18(23)16-12-17(21-20-16)19(2,3)4/h12-15H,5-11H2,1-4H3,(H,20,21). The predicted molar refractivity (Wildman–Crippen MR) is 92.5 cm³/mol. The van der Waals surface area contributed by atoms with E-state index in [0.717, 1.165) is 37.3 Å². The van der Waals surface area contributed by atoms with Gasteiger partial charge in [0.25, 0.3) is 5.91 Å². The zero-order valence-electron chi connectivity index (χ0n) is 15.1. The first-order valence-corrected chi connectivity index (χ1v) is 9.28. The highest BCUT2D eigenvalue weighted by molar-refractivity contribution is 5.93. The van der Waals surface area contributed by atoms with Gasteiger partial charge in [-0.15, -0.1) is 0 Å². The number of nitrogens with one attached hydrogen (secondary N) is 1. The summed E-state index contributed by atoms with van der Waals surface area (Å²) in [4.78, 5) is 15.2. The normalized spacial score (nSPS) is 25.4. The summed E-state index contributed by atoms with van der Waals surface area (Å²) in [6.45, 7) is 8.70. The Hall–Kier alpha value is -1.32. The first-order chi connectivity index (χ1) is 10.9. The van der Waals surface area contributed by atoms with Crippen molar-refractivity contribution in [3.05, 3.63) is 17.5 Å². The average Bonchev–Trinajstić information content (AvgIpc) is 3.21. The number of carbonyl (C=O) groups is 1. The minimum atomic E-state index is -0.00483. The molecule has 1 aromatic rings. The van der Waals surface area contributed by atoms with Crippen molar-refractivity contribution in [2.24, 2.45) is 5.92 Å². The maximum absolute atomic E-state index is 13.1. The van der Waals surface area contributed by atoms with Crippen LogP contribution in [0.3, 0.4) is 0 Å². The fourth-order valence-corrected chi connectivity index (χ4v) is 3.76. The number of rotatable bonds is 4. The first-order valence-electron chi connectivity index (χ1n) is 9.28. The van der Waals surface area contributed by atoms with E-state index in [1.165, 1.54) is 19.3 Å². The van der Waals surface area contributed by atoms with Crippen LogP contribution in [-0.2, 0) is 5.41 Å². The minimum absolute atomic E-state index is 0.00483. The van der Waals surface area contributed by atoms with Crippen molar-refractivity contribution in [2.75, 3.05) is 0 Å². The summed E-state index contributed by atoms with van der Waals surface area (Å²) in [5.41, 5.74) is 1.63. The highest BCUT2D eigenvalue weighted by atomic mass is 16.2. The zero-order valence-corrected chi connectivity index (χ0v) is 15.1. The molecule has 1 amide bonds. The number of carbonyl (C=O) groups excluding carboxylic acids is 1. The van der Waals surface area contributed by atoms with E-state index >= 15 is 0 Å². The molecule has 0 saturated heterocycles. The van der Waals surface area contributed by atoms with Crippen molar-refractivity contribution >= 4 is 5.91 Å². The van der Waals surface area contributed by atoms with Gasteiger partial charge in [0, 0.05) is 23.2 Å². The van der Waals surface area contributed by atoms with E-state index in [4.69, 9.17) is 0 Å². The Balaban J connectivity index is 1.74. The van der Waals surface area contributed by atoms with Gasteiger partial charge in [-0.25, -0.2) is 0 Å². The number of aromatic amines is 1. The summed E-state index contributed by atoms with van der Waals surface area (Å²) >= 11 is 0. The second kappa shape index (κ2) is 6.29. The van der Waals surface area contributed by atoms with Crippen LogP contribution >= 0.6 is 0 Å². The third kappa shape index (κ3) is 3.61. The Bertz CT molecular complexity index is 545. The zero-order chi connectivity index (χ0) is 16.6. The van der Waals surface area contributed by atoms with Crippen LogP contribution in [0.4, 0.5) is 0 Å². The molecule has 2 fully saturated rings. The molecule has 0 unspecified atom stereocenters. The van der Waals surface area contributed by atoms with Gasteiger partial charge in [-0.2, -0.15) is 5.10 Å². The second-order valence-electron chi connectivity index (χ2n) is 8.44. The lowest BCUT2D eigenvalue weighted by Gasteiger charge is -2.36. The summed E-state index contributed by atoms with van der Waals surface area (Å²) in [7, 11) is 0. The third-order valence-electron chi connectivity index (χ3n) is 5.57. The molecular weight excluding hydrogens is 286 g/mol. The van der Waals surface area contributed by atoms with Gasteiger partial charge in [0.2, 0.25) is 0 Å². The molecule has 0 bridgehead atoms. The smallest absolute Gasteiger partial charge is 0.274 e. The lowest BCUT2D eigenvalue weighted by atomic mass is 9.83. The highest BCUT2D eigenvalue weighted by Crippen LogP contribution is 2.37. The second-order valence-corrected chi connectivity index (χ2v) is 8.44. The molecule has 3 rings (SSSR count). The van der Waals surface area contributed by atoms with Crippen LogP contribution in [-0.4, -0.2) is 33.1 Å². The van der Waals surface area contributed by atoms with E-state index in [9.17, 15) is 4.79 Å². The van der Waals surface area contributed by atoms with Gasteiger partial charge >= 0.3 is 0 Å². The van der Waals surface area contributed by atoms with Gasteiger partial charge in [-0.05, 0) is 50.5 Å². The summed E-state index contributed by atoms with van der Waals surface area (Å²) < 4.78 is 0. The molecule has 0 aliphatic heterocycles. The Kier molecular flexibility index (Phi) is 4.52. The van der Waals surface area contributed by atoms with Gasteiger partial charge in [-0.3, -0.25) is 9.89 Å². The average molecular weight is 317 g/mol. The minimum Gasteiger partial charge on any atom is -0.331 e. The molecule has 0 aromatic carbocycles. The molecule has 2 aliphatic carbocycles. The van der Waals surface area contributed by atoms with Crippen LogP contribution in [0.2, 0.25) is 0 Å². The topological polar surface area (TPSA) is 49.0 Å². The monoisotopic (exact) mass is 317 g/mol. The van der Waals surface area contributed by atoms with Crippen molar-refractivity contribution in [1.82, 2.24) is 15.1 Å². The van der Waals surface area contributed by atoms with Crippen molar-refractivity contribution in [3.63, 3.8) is 0 Å². The van der Waals surface area contributed by atoms with E-state index < -0.39 is 0 Å². The molecular formula is C19H31N3O. The molecule has 4 heteroatoms. The van der Waals surface area contributed by atoms with Gasteiger partial charge in [0.15, 0.2) is 0 Å². The Labute approximate surface area is 140 Å². The van der Waals surface area contributed by atoms with Gasteiger partial charge < -0.3 is 4.90 Å². The number of amides is 1. The molecule has 1 aromatic heterocycles. The molecule has 1 N–H and O–H groups in total. The van der Waals surface area contributed by atoms with Crippen LogP contribution in [0.1, 0.15) is 88.8 Å². The van der Waals surface area contributed by atoms with E-state index in [1.807, 2.05) is 6.07 Å². The van der Waals surface area contributed by atoms with Crippen molar-refractivity contribution in [2.45, 2.75) is 90.1 Å². The first kappa shape index (κ1) is 16.5. The van der Waals surface area contributed by atoms with E-state index in [1.54, 1.807) is 0 Å². The number of H-pyrrole nitrogens is 1. The van der Waals surface area contributed by atoms with Crippen molar-refractivity contribution in [1.29, 1.82) is 0 Å². The molecule has 0 radical (unpaired) electrons. The van der Waals surface area contributed by atoms with Crippen LogP contribution in [0.15, 0.2) is 6.07 Å². The Morgan fingerprint density at radius 2 is 1.74 bits per heavy atom. The molecule has 2 aliphatic rings. The lowest BCUT2D eigenvalue weighted by molar-refractivity contribution is 0.0581. The molecule has 128 valence electrons. The molecule has 0 spiro atoms. The largest absolute Gasteiger partial charge is 0.331 e. The molecule has 0 atom stereocenters. The number of nitrogens with zero attached hydrogens (tertiary/aromatic N) is 2. The predicted octanol–water partition coefficient (Wildman–Crippen LogP) is 4.28. The van der Waals surface area contributed by atoms with Crippen LogP contribution in [0.25, 0.3) is 0 Å². The van der Waals surface area contributed by atoms with Crippen LogP contribution in [0.5, 0.6) is 0 Å². The van der Waals surface area contributed by atoms with Gasteiger partial charge in [-0.1, -0.05) is 34.1 Å². The SMILES string of the molecule is CCC1CCC(N(C(=O)c2cc(C(C)(C)C)[nH]n2)C2CC2)CC1. The highest BCUT2D eigenvalue weighted by Gasteiger charge is 2.39. The summed E-state index contributed by atoms with van der Waals surface area (Å²) in [6.07, 6.45) is 8.47. The van der Waals surface area contributed by atoms with Crippen LogP contribution in [0, 0.1) is 5.92 Å². The summed E-state index contributed by atoms with van der Waals surface area (Å²) in [5, 5.41) is 7.39. The number of hydrogen-bond acceptors (Lipinski definition) is 2. The Morgan fingerprint density at radius 1 is 1.17 bits per heavy atom. The molecule has 23 heavy (non-hydrogen) atoms. The van der Waals surface area contributed by atoms with E-state index in [-0.39, 0.29) is 11.3 Å². The maximum Gasteiger partial charge on any atom is 0.274 e. The van der Waals surface area contributed by atoms with Crippen molar-refractivity contribution < 1.29 is 4.79 Å². The Morgan fingerprint density at radius 3 is 2.17 bits per heavy atom. The van der Waals surface area contributed by atoms with Crippen molar-refractivity contribution in [3.8, 4) is 0 Å². The number of hydrogen-bond donors (Lipinski definition) is 1. The number of aromatic nitrogens is 2. The van der Waals surface area contributed by atoms with Crippen LogP contribution < -0.4 is 0 Å². The van der Waals surface area contributed by atoms with Gasteiger partial charge in [0.05, 0.1) is 0 Å². The quantitative estimate of drug-likeness (QED) is 0.901. The summed E-state index contributed by atoms with van der Waals surface area (Å²) in [6, 6.07) is 2.84. The van der Waals surface area contributed by atoms with Gasteiger partial charge in [0.1, 0.15) is 5.69 Å². The summed E-state index contributed by atoms with van der Waals surface area (Å²) in [5.74, 6) is 1.000. The fourth-order valence-electron chi connectivity index (χ4n) is 3.76. The third-order valence-corrected chi connectivity index (χ3v) is 5.57. The fraction of sp³-hybridized carbons (Fsp3) is 0.789. The maximum atomic E-state index is 13.1. The molecule has 2 saturated carbocycles. The van der Waals surface area contributed by atoms with E-state index in [0.29, 0.717) is 17.8 Å². The molecule has 1 heterocycles. The van der Waals surface area contributed by atoms with E-state index in [2.05, 4.69) is 42.8 Å². The lowest BCUT2D eigenvalue weighted by Crippen LogP contribution is -2.44.